The molecule has 0 radical (unpaired) electrons. The fourth-order valence-corrected chi connectivity index (χ4v) is 1.56. The molecule has 1 atom stereocenters. The standard InChI is InChI=1S/C12H17ClFNO/c1-8(2)9(7-16)6-15-12-5-10(13)3-4-11(12)14/h3-5,8-9,15-16H,6-7H2,1-2H3. The Labute approximate surface area is 100 Å². The highest BCUT2D eigenvalue weighted by molar-refractivity contribution is 6.30. The van der Waals surface area contributed by atoms with Gasteiger partial charge in [0.15, 0.2) is 0 Å². The molecule has 16 heavy (non-hydrogen) atoms. The summed E-state index contributed by atoms with van der Waals surface area (Å²) in [7, 11) is 0. The number of anilines is 1. The summed E-state index contributed by atoms with van der Waals surface area (Å²) in [5, 5.41) is 12.6. The molecule has 0 bridgehead atoms. The minimum Gasteiger partial charge on any atom is -0.396 e. The van der Waals surface area contributed by atoms with Gasteiger partial charge in [-0.15, -0.1) is 0 Å². The summed E-state index contributed by atoms with van der Waals surface area (Å²) in [6.07, 6.45) is 0. The second-order valence-electron chi connectivity index (χ2n) is 4.19. The molecule has 0 aliphatic carbocycles. The van der Waals surface area contributed by atoms with Gasteiger partial charge in [0.1, 0.15) is 5.82 Å². The van der Waals surface area contributed by atoms with Gasteiger partial charge in [-0.1, -0.05) is 25.4 Å². The maximum absolute atomic E-state index is 13.3. The highest BCUT2D eigenvalue weighted by Gasteiger charge is 2.12. The van der Waals surface area contributed by atoms with E-state index in [0.717, 1.165) is 0 Å². The molecule has 0 spiro atoms. The number of nitrogens with one attached hydrogen (secondary N) is 1. The Bertz CT molecular complexity index is 344. The van der Waals surface area contributed by atoms with Crippen molar-refractivity contribution < 1.29 is 9.50 Å². The quantitative estimate of drug-likeness (QED) is 0.835. The fourth-order valence-electron chi connectivity index (χ4n) is 1.39. The molecule has 0 saturated heterocycles. The first-order valence-corrected chi connectivity index (χ1v) is 5.72. The average molecular weight is 246 g/mol. The molecule has 0 fully saturated rings. The Balaban J connectivity index is 2.63. The molecular weight excluding hydrogens is 229 g/mol. The number of aliphatic hydroxyl groups excluding tert-OH is 1. The molecule has 4 heteroatoms. The van der Waals surface area contributed by atoms with Crippen LogP contribution in [0.15, 0.2) is 18.2 Å². The fraction of sp³-hybridized carbons (Fsp3) is 0.500. The highest BCUT2D eigenvalue weighted by Crippen LogP contribution is 2.20. The van der Waals surface area contributed by atoms with Crippen molar-refractivity contribution in [3.8, 4) is 0 Å². The monoisotopic (exact) mass is 245 g/mol. The molecule has 0 amide bonds. The lowest BCUT2D eigenvalue weighted by Crippen LogP contribution is -2.23. The van der Waals surface area contributed by atoms with Gasteiger partial charge in [-0.05, 0) is 24.1 Å². The second-order valence-corrected chi connectivity index (χ2v) is 4.63. The van der Waals surface area contributed by atoms with Gasteiger partial charge >= 0.3 is 0 Å². The van der Waals surface area contributed by atoms with Crippen molar-refractivity contribution in [2.45, 2.75) is 13.8 Å². The van der Waals surface area contributed by atoms with Crippen LogP contribution in [0.1, 0.15) is 13.8 Å². The zero-order valence-corrected chi connectivity index (χ0v) is 10.3. The van der Waals surface area contributed by atoms with E-state index in [1.807, 2.05) is 13.8 Å². The lowest BCUT2D eigenvalue weighted by molar-refractivity contribution is 0.198. The van der Waals surface area contributed by atoms with Crippen LogP contribution in [0, 0.1) is 17.7 Å². The topological polar surface area (TPSA) is 32.3 Å². The maximum atomic E-state index is 13.3. The first-order chi connectivity index (χ1) is 7.54. The maximum Gasteiger partial charge on any atom is 0.146 e. The molecule has 0 saturated carbocycles. The number of aliphatic hydroxyl groups is 1. The van der Waals surface area contributed by atoms with E-state index < -0.39 is 0 Å². The van der Waals surface area contributed by atoms with Crippen LogP contribution in [-0.4, -0.2) is 18.3 Å². The third-order valence-corrected chi connectivity index (χ3v) is 2.90. The molecule has 0 aliphatic rings. The minimum absolute atomic E-state index is 0.0901. The Morgan fingerprint density at radius 2 is 2.12 bits per heavy atom. The first kappa shape index (κ1) is 13.3. The highest BCUT2D eigenvalue weighted by atomic mass is 35.5. The van der Waals surface area contributed by atoms with Crippen LogP contribution in [0.2, 0.25) is 5.02 Å². The average Bonchev–Trinajstić information content (AvgIpc) is 2.23. The lowest BCUT2D eigenvalue weighted by Gasteiger charge is -2.19. The Morgan fingerprint density at radius 3 is 2.69 bits per heavy atom. The van der Waals surface area contributed by atoms with Gasteiger partial charge in [-0.2, -0.15) is 0 Å². The predicted molar refractivity (Wildman–Crippen MR) is 65.3 cm³/mol. The third kappa shape index (κ3) is 3.65. The molecule has 1 unspecified atom stereocenters. The lowest BCUT2D eigenvalue weighted by atomic mass is 9.97. The summed E-state index contributed by atoms with van der Waals surface area (Å²) in [4.78, 5) is 0. The van der Waals surface area contributed by atoms with E-state index in [1.54, 1.807) is 6.07 Å². The van der Waals surface area contributed by atoms with Crippen LogP contribution in [0.5, 0.6) is 0 Å². The van der Waals surface area contributed by atoms with Crippen LogP contribution in [-0.2, 0) is 0 Å². The van der Waals surface area contributed by atoms with Gasteiger partial charge in [0.2, 0.25) is 0 Å². The van der Waals surface area contributed by atoms with Crippen LogP contribution in [0.3, 0.4) is 0 Å². The molecule has 1 rings (SSSR count). The summed E-state index contributed by atoms with van der Waals surface area (Å²) in [6, 6.07) is 4.38. The van der Waals surface area contributed by atoms with Crippen molar-refractivity contribution in [3.63, 3.8) is 0 Å². The van der Waals surface area contributed by atoms with E-state index in [1.165, 1.54) is 12.1 Å². The number of hydrogen-bond acceptors (Lipinski definition) is 2. The van der Waals surface area contributed by atoms with E-state index in [0.29, 0.717) is 23.2 Å². The minimum atomic E-state index is -0.329. The summed E-state index contributed by atoms with van der Waals surface area (Å²) in [5.41, 5.74) is 0.381. The van der Waals surface area contributed by atoms with Crippen LogP contribution in [0.4, 0.5) is 10.1 Å². The van der Waals surface area contributed by atoms with Crippen LogP contribution in [0.25, 0.3) is 0 Å². The van der Waals surface area contributed by atoms with Gasteiger partial charge in [0.05, 0.1) is 5.69 Å². The van der Waals surface area contributed by atoms with Crippen molar-refractivity contribution in [2.24, 2.45) is 11.8 Å². The largest absolute Gasteiger partial charge is 0.396 e. The van der Waals surface area contributed by atoms with Gasteiger partial charge in [0, 0.05) is 24.1 Å². The molecule has 2 nitrogen and oxygen atoms in total. The Kier molecular flexibility index (Phi) is 5.03. The van der Waals surface area contributed by atoms with Crippen LogP contribution >= 0.6 is 11.6 Å². The van der Waals surface area contributed by atoms with E-state index in [4.69, 9.17) is 16.7 Å². The molecule has 0 heterocycles. The first-order valence-electron chi connectivity index (χ1n) is 5.34. The molecular formula is C12H17ClFNO. The van der Waals surface area contributed by atoms with Gasteiger partial charge in [-0.3, -0.25) is 0 Å². The normalized spacial score (nSPS) is 12.9. The third-order valence-electron chi connectivity index (χ3n) is 2.66. The molecule has 0 aromatic heterocycles. The van der Waals surface area contributed by atoms with Gasteiger partial charge in [0.25, 0.3) is 0 Å². The summed E-state index contributed by atoms with van der Waals surface area (Å²) < 4.78 is 13.3. The molecule has 0 aliphatic heterocycles. The van der Waals surface area contributed by atoms with Crippen molar-refractivity contribution in [2.75, 3.05) is 18.5 Å². The number of benzene rings is 1. The zero-order valence-electron chi connectivity index (χ0n) is 9.50. The van der Waals surface area contributed by atoms with E-state index in [-0.39, 0.29) is 18.3 Å². The second kappa shape index (κ2) is 6.06. The SMILES string of the molecule is CC(C)C(CO)CNc1cc(Cl)ccc1F. The van der Waals surface area contributed by atoms with Crippen molar-refractivity contribution in [3.05, 3.63) is 29.0 Å². The summed E-state index contributed by atoms with van der Waals surface area (Å²) in [5.74, 6) is 0.128. The number of halogens is 2. The molecule has 1 aromatic rings. The van der Waals surface area contributed by atoms with Gasteiger partial charge in [-0.25, -0.2) is 4.39 Å². The molecule has 2 N–H and O–H groups in total. The number of hydrogen-bond donors (Lipinski definition) is 2. The Morgan fingerprint density at radius 1 is 1.44 bits per heavy atom. The predicted octanol–water partition coefficient (Wildman–Crippen LogP) is 3.16. The molecule has 1 aromatic carbocycles. The molecule has 90 valence electrons. The zero-order chi connectivity index (χ0) is 12.1. The van der Waals surface area contributed by atoms with Crippen molar-refractivity contribution in [1.82, 2.24) is 0 Å². The van der Waals surface area contributed by atoms with Crippen LogP contribution < -0.4 is 5.32 Å². The van der Waals surface area contributed by atoms with E-state index in [2.05, 4.69) is 5.32 Å². The van der Waals surface area contributed by atoms with E-state index >= 15 is 0 Å². The summed E-state index contributed by atoms with van der Waals surface area (Å²) in [6.45, 7) is 4.67. The summed E-state index contributed by atoms with van der Waals surface area (Å²) >= 11 is 5.77. The van der Waals surface area contributed by atoms with Crippen molar-refractivity contribution >= 4 is 17.3 Å². The van der Waals surface area contributed by atoms with E-state index in [9.17, 15) is 4.39 Å². The Hall–Kier alpha value is -0.800. The smallest absolute Gasteiger partial charge is 0.146 e. The van der Waals surface area contributed by atoms with Crippen molar-refractivity contribution in [1.29, 1.82) is 0 Å². The van der Waals surface area contributed by atoms with Gasteiger partial charge < -0.3 is 10.4 Å². The number of rotatable bonds is 5.